The Morgan fingerprint density at radius 1 is 0.765 bits per heavy atom. The van der Waals surface area contributed by atoms with Crippen molar-refractivity contribution in [3.8, 4) is 0 Å². The Bertz CT molecular complexity index is 303. The van der Waals surface area contributed by atoms with Crippen LogP contribution in [0.3, 0.4) is 0 Å². The van der Waals surface area contributed by atoms with Crippen LogP contribution in [0, 0.1) is 0 Å². The van der Waals surface area contributed by atoms with Crippen LogP contribution in [0.5, 0.6) is 0 Å². The van der Waals surface area contributed by atoms with Crippen molar-refractivity contribution in [2.24, 2.45) is 0 Å². The van der Waals surface area contributed by atoms with Crippen LogP contribution in [0.25, 0.3) is 0 Å². The Kier molecular flexibility index (Phi) is 6.06. The molecular weight excluding hydrogens is 216 g/mol. The van der Waals surface area contributed by atoms with Crippen LogP contribution < -0.4 is 16.0 Å². The molecule has 3 N–H and O–H groups in total. The number of anilines is 3. The number of aromatic nitrogens is 3. The summed E-state index contributed by atoms with van der Waals surface area (Å²) in [6.45, 7) is 8.66. The minimum absolute atomic E-state index is 0.609. The first-order valence-electron chi connectivity index (χ1n) is 6.27. The van der Waals surface area contributed by atoms with Crippen molar-refractivity contribution in [3.63, 3.8) is 0 Å². The van der Waals surface area contributed by atoms with Crippen LogP contribution in [-0.4, -0.2) is 34.6 Å². The van der Waals surface area contributed by atoms with Gasteiger partial charge in [0.2, 0.25) is 17.8 Å². The third-order valence-electron chi connectivity index (χ3n) is 2.12. The van der Waals surface area contributed by atoms with Crippen molar-refractivity contribution in [1.82, 2.24) is 15.0 Å². The number of unbranched alkanes of at least 4 members (excludes halogenated alkanes) is 1. The molecule has 0 radical (unpaired) electrons. The van der Waals surface area contributed by atoms with E-state index in [1.165, 1.54) is 0 Å². The molecule has 0 fully saturated rings. The largest absolute Gasteiger partial charge is 0.354 e. The number of nitrogens with zero attached hydrogens (tertiary/aromatic N) is 3. The summed E-state index contributed by atoms with van der Waals surface area (Å²) in [5.74, 6) is 1.84. The highest BCUT2D eigenvalue weighted by Crippen LogP contribution is 2.09. The topological polar surface area (TPSA) is 74.8 Å². The van der Waals surface area contributed by atoms with Crippen LogP contribution >= 0.6 is 0 Å². The number of hydrogen-bond acceptors (Lipinski definition) is 6. The molecule has 1 aromatic heterocycles. The molecule has 0 saturated carbocycles. The van der Waals surface area contributed by atoms with E-state index in [2.05, 4.69) is 37.8 Å². The summed E-state index contributed by atoms with van der Waals surface area (Å²) in [7, 11) is 0. The lowest BCUT2D eigenvalue weighted by Gasteiger charge is -2.09. The van der Waals surface area contributed by atoms with E-state index in [0.29, 0.717) is 17.8 Å². The zero-order chi connectivity index (χ0) is 12.5. The molecule has 1 aromatic rings. The predicted octanol–water partition coefficient (Wildman–Crippen LogP) is 1.95. The maximum absolute atomic E-state index is 4.29. The van der Waals surface area contributed by atoms with Crippen molar-refractivity contribution in [1.29, 1.82) is 0 Å². The Labute approximate surface area is 103 Å². The molecular formula is C11H22N6. The molecule has 0 unspecified atom stereocenters. The van der Waals surface area contributed by atoms with Gasteiger partial charge in [-0.25, -0.2) is 0 Å². The highest BCUT2D eigenvalue weighted by Gasteiger charge is 2.04. The first-order chi connectivity index (χ1) is 8.30. The van der Waals surface area contributed by atoms with Gasteiger partial charge in [-0.15, -0.1) is 0 Å². The summed E-state index contributed by atoms with van der Waals surface area (Å²) < 4.78 is 0. The number of nitrogens with one attached hydrogen (secondary N) is 3. The lowest BCUT2D eigenvalue weighted by atomic mass is 10.3. The number of rotatable bonds is 8. The zero-order valence-electron chi connectivity index (χ0n) is 10.9. The maximum Gasteiger partial charge on any atom is 0.229 e. The van der Waals surface area contributed by atoms with E-state index in [1.54, 1.807) is 0 Å². The lowest BCUT2D eigenvalue weighted by molar-refractivity contribution is 0.824. The van der Waals surface area contributed by atoms with Gasteiger partial charge in [0.1, 0.15) is 0 Å². The molecule has 0 aliphatic carbocycles. The molecule has 0 aliphatic rings. The van der Waals surface area contributed by atoms with Gasteiger partial charge in [-0.1, -0.05) is 13.3 Å². The van der Waals surface area contributed by atoms with E-state index in [9.17, 15) is 0 Å². The van der Waals surface area contributed by atoms with E-state index in [1.807, 2.05) is 13.8 Å². The first kappa shape index (κ1) is 13.5. The van der Waals surface area contributed by atoms with Crippen molar-refractivity contribution < 1.29 is 0 Å². The molecule has 1 heterocycles. The fraction of sp³-hybridized carbons (Fsp3) is 0.727. The fourth-order valence-electron chi connectivity index (χ4n) is 1.31. The van der Waals surface area contributed by atoms with Crippen LogP contribution in [0.15, 0.2) is 0 Å². The molecule has 0 aliphatic heterocycles. The third kappa shape index (κ3) is 4.84. The minimum Gasteiger partial charge on any atom is -0.354 e. The van der Waals surface area contributed by atoms with E-state index >= 15 is 0 Å². The van der Waals surface area contributed by atoms with Crippen molar-refractivity contribution in [3.05, 3.63) is 0 Å². The van der Waals surface area contributed by atoms with Gasteiger partial charge in [0.25, 0.3) is 0 Å². The highest BCUT2D eigenvalue weighted by molar-refractivity contribution is 5.41. The molecule has 0 amide bonds. The summed E-state index contributed by atoms with van der Waals surface area (Å²) in [6, 6.07) is 0. The van der Waals surface area contributed by atoms with Gasteiger partial charge >= 0.3 is 0 Å². The summed E-state index contributed by atoms with van der Waals surface area (Å²) in [6.07, 6.45) is 2.26. The fourth-order valence-corrected chi connectivity index (χ4v) is 1.31. The third-order valence-corrected chi connectivity index (χ3v) is 2.12. The Hall–Kier alpha value is -1.59. The second-order valence-electron chi connectivity index (χ2n) is 3.65. The van der Waals surface area contributed by atoms with Crippen molar-refractivity contribution in [2.75, 3.05) is 35.6 Å². The minimum atomic E-state index is 0.609. The molecule has 0 spiro atoms. The second kappa shape index (κ2) is 7.65. The zero-order valence-corrected chi connectivity index (χ0v) is 10.9. The van der Waals surface area contributed by atoms with Crippen LogP contribution in [0.4, 0.5) is 17.8 Å². The molecule has 17 heavy (non-hydrogen) atoms. The average Bonchev–Trinajstić information content (AvgIpc) is 2.30. The first-order valence-corrected chi connectivity index (χ1v) is 6.27. The Morgan fingerprint density at radius 2 is 1.24 bits per heavy atom. The quantitative estimate of drug-likeness (QED) is 0.601. The molecule has 0 saturated heterocycles. The van der Waals surface area contributed by atoms with Gasteiger partial charge in [0.05, 0.1) is 0 Å². The van der Waals surface area contributed by atoms with Crippen LogP contribution in [0.2, 0.25) is 0 Å². The van der Waals surface area contributed by atoms with E-state index in [-0.39, 0.29) is 0 Å². The van der Waals surface area contributed by atoms with Crippen LogP contribution in [0.1, 0.15) is 33.6 Å². The van der Waals surface area contributed by atoms with Gasteiger partial charge in [0, 0.05) is 19.6 Å². The van der Waals surface area contributed by atoms with E-state index in [0.717, 1.165) is 32.5 Å². The number of hydrogen-bond donors (Lipinski definition) is 3. The second-order valence-corrected chi connectivity index (χ2v) is 3.65. The summed E-state index contributed by atoms with van der Waals surface area (Å²) in [5.41, 5.74) is 0. The van der Waals surface area contributed by atoms with Crippen molar-refractivity contribution >= 4 is 17.8 Å². The summed E-state index contributed by atoms with van der Waals surface area (Å²) in [4.78, 5) is 12.8. The lowest BCUT2D eigenvalue weighted by Crippen LogP contribution is -2.12. The van der Waals surface area contributed by atoms with Gasteiger partial charge in [-0.3, -0.25) is 0 Å². The molecule has 0 atom stereocenters. The molecule has 6 nitrogen and oxygen atoms in total. The standard InChI is InChI=1S/C11H22N6/c1-4-7-8-14-11-16-9(12-5-2)15-10(17-11)13-6-3/h4-8H2,1-3H3,(H3,12,13,14,15,16,17). The Morgan fingerprint density at radius 3 is 1.65 bits per heavy atom. The molecule has 1 rings (SSSR count). The van der Waals surface area contributed by atoms with Crippen molar-refractivity contribution in [2.45, 2.75) is 33.6 Å². The van der Waals surface area contributed by atoms with E-state index in [4.69, 9.17) is 0 Å². The van der Waals surface area contributed by atoms with Crippen LogP contribution in [-0.2, 0) is 0 Å². The maximum atomic E-state index is 4.29. The summed E-state index contributed by atoms with van der Waals surface area (Å²) >= 11 is 0. The monoisotopic (exact) mass is 238 g/mol. The highest BCUT2D eigenvalue weighted by atomic mass is 15.3. The smallest absolute Gasteiger partial charge is 0.229 e. The predicted molar refractivity (Wildman–Crippen MR) is 71.6 cm³/mol. The Balaban J connectivity index is 2.72. The van der Waals surface area contributed by atoms with Gasteiger partial charge < -0.3 is 16.0 Å². The SMILES string of the molecule is CCCCNc1nc(NCC)nc(NCC)n1. The van der Waals surface area contributed by atoms with E-state index < -0.39 is 0 Å². The normalized spacial score (nSPS) is 10.1. The molecule has 0 aromatic carbocycles. The average molecular weight is 238 g/mol. The molecule has 96 valence electrons. The van der Waals surface area contributed by atoms with Gasteiger partial charge in [-0.05, 0) is 20.3 Å². The molecule has 0 bridgehead atoms. The summed E-state index contributed by atoms with van der Waals surface area (Å²) in [5, 5.41) is 9.39. The molecule has 6 heteroatoms. The van der Waals surface area contributed by atoms with Gasteiger partial charge in [-0.2, -0.15) is 15.0 Å². The van der Waals surface area contributed by atoms with Gasteiger partial charge in [0.15, 0.2) is 0 Å².